The molecule has 2 aromatic rings. The smallest absolute Gasteiger partial charge is 0.273 e. The monoisotopic (exact) mass is 344 g/mol. The van der Waals surface area contributed by atoms with E-state index < -0.39 is 15.8 Å². The van der Waals surface area contributed by atoms with Crippen molar-refractivity contribution in [2.24, 2.45) is 5.73 Å². The van der Waals surface area contributed by atoms with Crippen LogP contribution < -0.4 is 15.1 Å². The van der Waals surface area contributed by atoms with Crippen LogP contribution in [0.1, 0.15) is 5.56 Å². The molecule has 2 aromatic carbocycles. The fourth-order valence-electron chi connectivity index (χ4n) is 2.47. The van der Waals surface area contributed by atoms with Crippen LogP contribution in [0.15, 0.2) is 59.5 Å². The number of benzene rings is 2. The second-order valence-electron chi connectivity index (χ2n) is 5.15. The molecule has 122 valence electrons. The Hall–Kier alpha value is -2.73. The Morgan fingerprint density at radius 2 is 1.83 bits per heavy atom. The third kappa shape index (κ3) is 2.88. The summed E-state index contributed by atoms with van der Waals surface area (Å²) >= 11 is 0. The predicted molar refractivity (Wildman–Crippen MR) is 92.7 cm³/mol. The molecule has 0 amide bonds. The maximum atomic E-state index is 14.5. The third-order valence-corrected chi connectivity index (χ3v) is 5.14. The number of nitrogens with two attached hydrogens (primary N) is 1. The maximum Gasteiger partial charge on any atom is 0.366 e. The molecule has 0 spiro atoms. The lowest BCUT2D eigenvalue weighted by molar-refractivity contribution is 0.588. The molecule has 5 nitrogen and oxygen atoms in total. The minimum atomic E-state index is -3.65. The van der Waals surface area contributed by atoms with Crippen molar-refractivity contribution in [3.05, 3.63) is 66.0 Å². The van der Waals surface area contributed by atoms with Crippen LogP contribution in [0.3, 0.4) is 0 Å². The van der Waals surface area contributed by atoms with Gasteiger partial charge in [0.2, 0.25) is 15.7 Å². The summed E-state index contributed by atoms with van der Waals surface area (Å²) in [7, 11) is -2.32. The number of hydrogen-bond acceptors (Lipinski definition) is 3. The summed E-state index contributed by atoms with van der Waals surface area (Å²) in [5, 5.41) is 0. The van der Waals surface area contributed by atoms with Crippen LogP contribution in [-0.4, -0.2) is 27.0 Å². The summed E-state index contributed by atoms with van der Waals surface area (Å²) in [4.78, 5) is 0.0929. The van der Waals surface area contributed by atoms with Gasteiger partial charge in [0.1, 0.15) is 5.82 Å². The molecule has 0 saturated carbocycles. The normalized spacial score (nSPS) is 13.8. The number of sulfonamides is 1. The molecule has 7 heteroatoms. The molecule has 24 heavy (non-hydrogen) atoms. The fraction of sp³-hybridized carbons (Fsp3) is 0.0588. The van der Waals surface area contributed by atoms with Crippen molar-refractivity contribution < 1.29 is 12.8 Å². The lowest BCUT2D eigenvalue weighted by atomic mass is 10.0. The summed E-state index contributed by atoms with van der Waals surface area (Å²) < 4.78 is 45.1. The van der Waals surface area contributed by atoms with Crippen molar-refractivity contribution in [3.8, 4) is 11.1 Å². The van der Waals surface area contributed by atoms with E-state index in [1.165, 1.54) is 19.2 Å². The highest BCUT2D eigenvalue weighted by atomic mass is 32.2. The van der Waals surface area contributed by atoms with E-state index in [1.54, 1.807) is 42.5 Å². The van der Waals surface area contributed by atoms with Gasteiger partial charge in [-0.05, 0) is 30.8 Å². The van der Waals surface area contributed by atoms with E-state index in [9.17, 15) is 12.8 Å². The fourth-order valence-corrected chi connectivity index (χ4v) is 3.42. The molecule has 1 heterocycles. The number of nitrogens with zero attached hydrogens (tertiary/aromatic N) is 1. The Bertz CT molecular complexity index is 1020. The number of halogens is 1. The molecular weight excluding hydrogens is 329 g/mol. The highest BCUT2D eigenvalue weighted by Crippen LogP contribution is 2.28. The van der Waals surface area contributed by atoms with E-state index in [4.69, 9.17) is 5.73 Å². The zero-order chi connectivity index (χ0) is 17.3. The standard InChI is InChI=1S/C17H14FN3O2S/c1-20-24(22,23)16-5-3-2-4-12(16)11-6-7-13(14(18)10-11)15-8-9-17(19)21-15/h2-10,19-20H,1H3/p+1. The second kappa shape index (κ2) is 6.05. The van der Waals surface area contributed by atoms with Gasteiger partial charge < -0.3 is 0 Å². The van der Waals surface area contributed by atoms with Gasteiger partial charge in [-0.3, -0.25) is 5.73 Å². The van der Waals surface area contributed by atoms with Gasteiger partial charge in [0.15, 0.2) is 0 Å². The topological polar surface area (TPSA) is 86.3 Å². The maximum absolute atomic E-state index is 14.5. The summed E-state index contributed by atoms with van der Waals surface area (Å²) in [5.74, 6) is -0.179. The highest BCUT2D eigenvalue weighted by Gasteiger charge is 2.20. The first kappa shape index (κ1) is 16.1. The summed E-state index contributed by atoms with van der Waals surface area (Å²) in [6.07, 6.45) is 3.23. The van der Waals surface area contributed by atoms with Crippen molar-refractivity contribution in [3.63, 3.8) is 0 Å². The molecule has 0 fully saturated rings. The van der Waals surface area contributed by atoms with Crippen LogP contribution in [-0.2, 0) is 10.0 Å². The lowest BCUT2D eigenvalue weighted by Crippen LogP contribution is -2.19. The number of hydrogen-bond donors (Lipinski definition) is 2. The zero-order valence-electron chi connectivity index (χ0n) is 12.8. The minimum Gasteiger partial charge on any atom is -0.273 e. The summed E-state index contributed by atoms with van der Waals surface area (Å²) in [5.41, 5.74) is 7.20. The Balaban J connectivity index is 2.12. The van der Waals surface area contributed by atoms with Crippen LogP contribution in [0.5, 0.6) is 0 Å². The molecule has 0 atom stereocenters. The van der Waals surface area contributed by atoms with Crippen molar-refractivity contribution >= 4 is 21.6 Å². The van der Waals surface area contributed by atoms with E-state index in [2.05, 4.69) is 9.39 Å². The second-order valence-corrected chi connectivity index (χ2v) is 7.01. The third-order valence-electron chi connectivity index (χ3n) is 3.66. The van der Waals surface area contributed by atoms with Crippen molar-refractivity contribution in [1.82, 2.24) is 9.39 Å². The van der Waals surface area contributed by atoms with Gasteiger partial charge in [-0.25, -0.2) is 22.2 Å². The lowest BCUT2D eigenvalue weighted by Gasteiger charge is -2.10. The first-order chi connectivity index (χ1) is 11.4. The van der Waals surface area contributed by atoms with Crippen LogP contribution in [0.4, 0.5) is 4.39 Å². The average molecular weight is 344 g/mol. The first-order valence-electron chi connectivity index (χ1n) is 7.14. The largest absolute Gasteiger partial charge is 0.366 e. The number of allylic oxidation sites excluding steroid dienone is 1. The number of amidine groups is 1. The van der Waals surface area contributed by atoms with Gasteiger partial charge >= 0.3 is 5.84 Å². The van der Waals surface area contributed by atoms with E-state index in [0.717, 1.165) is 0 Å². The summed E-state index contributed by atoms with van der Waals surface area (Å²) in [6.45, 7) is 0. The van der Waals surface area contributed by atoms with Crippen LogP contribution in [0.25, 0.3) is 11.1 Å². The molecule has 0 saturated heterocycles. The molecule has 0 bridgehead atoms. The Kier molecular flexibility index (Phi) is 4.07. The highest BCUT2D eigenvalue weighted by molar-refractivity contribution is 7.89. The SMILES string of the molecule is CNS(=O)(=O)c1ccccc1-c1ccc(C2=[N+]=C(N)C=C2)c(F)c1. The Labute approximate surface area is 139 Å². The minimum absolute atomic E-state index is 0.0929. The van der Waals surface area contributed by atoms with Crippen LogP contribution in [0.2, 0.25) is 0 Å². The molecule has 3 rings (SSSR count). The van der Waals surface area contributed by atoms with Gasteiger partial charge in [0.05, 0.1) is 16.5 Å². The predicted octanol–water partition coefficient (Wildman–Crippen LogP) is 1.18. The van der Waals surface area contributed by atoms with Gasteiger partial charge in [-0.15, -0.1) is 0 Å². The van der Waals surface area contributed by atoms with Crippen molar-refractivity contribution in [2.75, 3.05) is 7.05 Å². The molecule has 3 N–H and O–H groups in total. The number of nitrogens with one attached hydrogen (secondary N) is 1. The van der Waals surface area contributed by atoms with E-state index >= 15 is 0 Å². The molecule has 0 aliphatic carbocycles. The van der Waals surface area contributed by atoms with Crippen LogP contribution >= 0.6 is 0 Å². The van der Waals surface area contributed by atoms with Gasteiger partial charge in [0.25, 0.3) is 0 Å². The molecule has 0 radical (unpaired) electrons. The zero-order valence-corrected chi connectivity index (χ0v) is 13.6. The average Bonchev–Trinajstić information content (AvgIpc) is 3.01. The molecule has 0 unspecified atom stereocenters. The van der Waals surface area contributed by atoms with Crippen molar-refractivity contribution in [1.29, 1.82) is 0 Å². The van der Waals surface area contributed by atoms with E-state index in [1.807, 2.05) is 0 Å². The van der Waals surface area contributed by atoms with E-state index in [0.29, 0.717) is 28.2 Å². The molecule has 0 aromatic heterocycles. The van der Waals surface area contributed by atoms with Crippen molar-refractivity contribution in [2.45, 2.75) is 4.90 Å². The number of rotatable bonds is 4. The quantitative estimate of drug-likeness (QED) is 0.817. The van der Waals surface area contributed by atoms with Crippen LogP contribution in [0, 0.1) is 5.82 Å². The summed E-state index contributed by atoms with van der Waals surface area (Å²) in [6, 6.07) is 11.0. The molecule has 1 aliphatic rings. The van der Waals surface area contributed by atoms with Gasteiger partial charge in [0, 0.05) is 11.6 Å². The van der Waals surface area contributed by atoms with Gasteiger partial charge in [-0.1, -0.05) is 24.3 Å². The Morgan fingerprint density at radius 3 is 2.46 bits per heavy atom. The first-order valence-corrected chi connectivity index (χ1v) is 8.63. The molecular formula is C17H15FN3O2S+. The van der Waals surface area contributed by atoms with Gasteiger partial charge in [-0.2, -0.15) is 0 Å². The Morgan fingerprint density at radius 1 is 1.08 bits per heavy atom. The molecule has 1 aliphatic heterocycles. The van der Waals surface area contributed by atoms with E-state index in [-0.39, 0.29) is 4.90 Å².